The van der Waals surface area contributed by atoms with E-state index < -0.39 is 5.41 Å². The third-order valence-electron chi connectivity index (χ3n) is 3.78. The van der Waals surface area contributed by atoms with Crippen LogP contribution in [-0.4, -0.2) is 17.4 Å². The van der Waals surface area contributed by atoms with E-state index >= 15 is 0 Å². The zero-order chi connectivity index (χ0) is 13.0. The lowest BCUT2D eigenvalue weighted by molar-refractivity contribution is -0.131. The van der Waals surface area contributed by atoms with E-state index in [0.717, 1.165) is 31.4 Å². The first-order valence-corrected chi connectivity index (χ1v) is 6.80. The van der Waals surface area contributed by atoms with Crippen molar-refractivity contribution >= 4 is 5.91 Å². The standard InChI is InChI=1S/C16H21NO/c1-3-5-12-17-13-11-16(4-2,15(17)18)14-9-7-6-8-10-14/h6-11,13H,3-5,12H2,1-2H3. The van der Waals surface area contributed by atoms with Gasteiger partial charge in [-0.25, -0.2) is 0 Å². The first-order chi connectivity index (χ1) is 8.74. The Hall–Kier alpha value is -1.57. The number of hydrogen-bond acceptors (Lipinski definition) is 1. The van der Waals surface area contributed by atoms with Crippen LogP contribution >= 0.6 is 0 Å². The number of hydrogen-bond donors (Lipinski definition) is 0. The number of unbranched alkanes of at least 4 members (excludes halogenated alkanes) is 1. The molecule has 1 aromatic carbocycles. The van der Waals surface area contributed by atoms with Crippen molar-refractivity contribution in [1.29, 1.82) is 0 Å². The fourth-order valence-electron chi connectivity index (χ4n) is 2.55. The second kappa shape index (κ2) is 5.38. The molecular formula is C16H21NO. The van der Waals surface area contributed by atoms with Gasteiger partial charge in [0.2, 0.25) is 5.91 Å². The van der Waals surface area contributed by atoms with Crippen LogP contribution in [0.5, 0.6) is 0 Å². The number of carbonyl (C=O) groups excluding carboxylic acids is 1. The van der Waals surface area contributed by atoms with Crippen LogP contribution in [0.4, 0.5) is 0 Å². The smallest absolute Gasteiger partial charge is 0.241 e. The van der Waals surface area contributed by atoms with Crippen LogP contribution in [0.15, 0.2) is 42.6 Å². The molecule has 0 bridgehead atoms. The highest BCUT2D eigenvalue weighted by atomic mass is 16.2. The summed E-state index contributed by atoms with van der Waals surface area (Å²) in [4.78, 5) is 14.5. The van der Waals surface area contributed by atoms with E-state index in [-0.39, 0.29) is 5.91 Å². The highest BCUT2D eigenvalue weighted by Gasteiger charge is 2.42. The maximum absolute atomic E-state index is 12.6. The maximum atomic E-state index is 12.6. The molecule has 1 atom stereocenters. The second-order valence-electron chi connectivity index (χ2n) is 4.86. The van der Waals surface area contributed by atoms with Crippen molar-refractivity contribution in [3.8, 4) is 0 Å². The van der Waals surface area contributed by atoms with Crippen LogP contribution in [0.2, 0.25) is 0 Å². The normalized spacial score (nSPS) is 22.8. The number of nitrogens with zero attached hydrogens (tertiary/aromatic N) is 1. The fraction of sp³-hybridized carbons (Fsp3) is 0.438. The number of carbonyl (C=O) groups is 1. The molecule has 1 amide bonds. The average Bonchev–Trinajstić information content (AvgIpc) is 2.75. The quantitative estimate of drug-likeness (QED) is 0.775. The van der Waals surface area contributed by atoms with Gasteiger partial charge in [-0.2, -0.15) is 0 Å². The van der Waals surface area contributed by atoms with Gasteiger partial charge in [0.15, 0.2) is 0 Å². The van der Waals surface area contributed by atoms with Gasteiger partial charge in [0.25, 0.3) is 0 Å². The largest absolute Gasteiger partial charge is 0.318 e. The zero-order valence-electron chi connectivity index (χ0n) is 11.2. The summed E-state index contributed by atoms with van der Waals surface area (Å²) in [6.45, 7) is 5.06. The summed E-state index contributed by atoms with van der Waals surface area (Å²) in [6, 6.07) is 10.1. The van der Waals surface area contributed by atoms with Crippen LogP contribution in [-0.2, 0) is 10.2 Å². The molecule has 0 saturated carbocycles. The Morgan fingerprint density at radius 2 is 1.89 bits per heavy atom. The van der Waals surface area contributed by atoms with Gasteiger partial charge < -0.3 is 4.90 Å². The maximum Gasteiger partial charge on any atom is 0.241 e. The van der Waals surface area contributed by atoms with E-state index in [1.165, 1.54) is 0 Å². The monoisotopic (exact) mass is 243 g/mol. The lowest BCUT2D eigenvalue weighted by Crippen LogP contribution is -2.38. The molecule has 0 N–H and O–H groups in total. The van der Waals surface area contributed by atoms with Gasteiger partial charge in [0.05, 0.1) is 5.41 Å². The molecule has 1 heterocycles. The SMILES string of the molecule is CCCCN1C=CC(CC)(c2ccccc2)C1=O. The van der Waals surface area contributed by atoms with Gasteiger partial charge in [-0.05, 0) is 24.5 Å². The molecule has 0 fully saturated rings. The number of amides is 1. The van der Waals surface area contributed by atoms with E-state index in [1.807, 2.05) is 29.3 Å². The summed E-state index contributed by atoms with van der Waals surface area (Å²) in [6.07, 6.45) is 7.02. The molecule has 18 heavy (non-hydrogen) atoms. The Morgan fingerprint density at radius 3 is 2.50 bits per heavy atom. The summed E-state index contributed by atoms with van der Waals surface area (Å²) in [5, 5.41) is 0. The van der Waals surface area contributed by atoms with E-state index in [0.29, 0.717) is 0 Å². The van der Waals surface area contributed by atoms with Crippen molar-refractivity contribution in [1.82, 2.24) is 4.90 Å². The topological polar surface area (TPSA) is 20.3 Å². The van der Waals surface area contributed by atoms with Crippen molar-refractivity contribution in [2.24, 2.45) is 0 Å². The van der Waals surface area contributed by atoms with Gasteiger partial charge in [0, 0.05) is 12.7 Å². The summed E-state index contributed by atoms with van der Waals surface area (Å²) in [5.74, 6) is 0.227. The third kappa shape index (κ3) is 2.07. The lowest BCUT2D eigenvalue weighted by Gasteiger charge is -2.27. The minimum Gasteiger partial charge on any atom is -0.318 e. The van der Waals surface area contributed by atoms with Crippen molar-refractivity contribution in [2.45, 2.75) is 38.5 Å². The highest BCUT2D eigenvalue weighted by molar-refractivity contribution is 5.93. The Kier molecular flexibility index (Phi) is 3.85. The molecule has 0 radical (unpaired) electrons. The van der Waals surface area contributed by atoms with Crippen molar-refractivity contribution in [3.05, 3.63) is 48.2 Å². The summed E-state index contributed by atoms with van der Waals surface area (Å²) < 4.78 is 0. The lowest BCUT2D eigenvalue weighted by atomic mass is 9.78. The van der Waals surface area contributed by atoms with Crippen LogP contribution in [0.1, 0.15) is 38.7 Å². The van der Waals surface area contributed by atoms with E-state index in [9.17, 15) is 4.79 Å². The molecule has 0 saturated heterocycles. The van der Waals surface area contributed by atoms with Gasteiger partial charge >= 0.3 is 0 Å². The molecule has 0 aromatic heterocycles. The minimum absolute atomic E-state index is 0.227. The van der Waals surface area contributed by atoms with Crippen LogP contribution in [0.25, 0.3) is 0 Å². The predicted octanol–water partition coefficient (Wildman–Crippen LogP) is 3.49. The van der Waals surface area contributed by atoms with Crippen molar-refractivity contribution in [2.75, 3.05) is 6.54 Å². The second-order valence-corrected chi connectivity index (χ2v) is 4.86. The summed E-state index contributed by atoms with van der Waals surface area (Å²) in [7, 11) is 0. The Labute approximate surface area is 109 Å². The van der Waals surface area contributed by atoms with Crippen LogP contribution in [0.3, 0.4) is 0 Å². The Morgan fingerprint density at radius 1 is 1.17 bits per heavy atom. The van der Waals surface area contributed by atoms with Gasteiger partial charge in [0.1, 0.15) is 0 Å². The fourth-order valence-corrected chi connectivity index (χ4v) is 2.55. The van der Waals surface area contributed by atoms with E-state index in [4.69, 9.17) is 0 Å². The Balaban J connectivity index is 2.26. The first kappa shape index (κ1) is 12.9. The highest BCUT2D eigenvalue weighted by Crippen LogP contribution is 2.36. The molecule has 1 aliphatic heterocycles. The predicted molar refractivity (Wildman–Crippen MR) is 74.2 cm³/mol. The number of benzene rings is 1. The van der Waals surface area contributed by atoms with Crippen LogP contribution in [0, 0.1) is 0 Å². The molecule has 2 heteroatoms. The van der Waals surface area contributed by atoms with Gasteiger partial charge in [-0.15, -0.1) is 0 Å². The molecular weight excluding hydrogens is 222 g/mol. The van der Waals surface area contributed by atoms with Crippen molar-refractivity contribution in [3.63, 3.8) is 0 Å². The summed E-state index contributed by atoms with van der Waals surface area (Å²) in [5.41, 5.74) is 0.669. The first-order valence-electron chi connectivity index (χ1n) is 6.80. The number of rotatable bonds is 5. The minimum atomic E-state index is -0.436. The Bertz CT molecular complexity index is 438. The molecule has 2 rings (SSSR count). The molecule has 0 aliphatic carbocycles. The summed E-state index contributed by atoms with van der Waals surface area (Å²) >= 11 is 0. The van der Waals surface area contributed by atoms with Gasteiger partial charge in [-0.3, -0.25) is 4.79 Å². The average molecular weight is 243 g/mol. The third-order valence-corrected chi connectivity index (χ3v) is 3.78. The van der Waals surface area contributed by atoms with Crippen molar-refractivity contribution < 1.29 is 4.79 Å². The molecule has 1 aliphatic rings. The van der Waals surface area contributed by atoms with E-state index in [1.54, 1.807) is 0 Å². The molecule has 2 nitrogen and oxygen atoms in total. The van der Waals surface area contributed by atoms with E-state index in [2.05, 4.69) is 32.1 Å². The van der Waals surface area contributed by atoms with Crippen LogP contribution < -0.4 is 0 Å². The van der Waals surface area contributed by atoms with Gasteiger partial charge in [-0.1, -0.05) is 50.6 Å². The zero-order valence-corrected chi connectivity index (χ0v) is 11.2. The molecule has 0 spiro atoms. The molecule has 1 unspecified atom stereocenters. The molecule has 1 aromatic rings. The molecule has 96 valence electrons.